The van der Waals surface area contributed by atoms with E-state index in [1.54, 1.807) is 0 Å². The summed E-state index contributed by atoms with van der Waals surface area (Å²) in [6.07, 6.45) is 12.2. The zero-order valence-electron chi connectivity index (χ0n) is 17.2. The number of aliphatic imine (C=N–C) groups is 1. The highest BCUT2D eigenvalue weighted by atomic mass is 127. The summed E-state index contributed by atoms with van der Waals surface area (Å²) in [5, 5.41) is 11.9. The molecule has 0 aliphatic rings. The van der Waals surface area contributed by atoms with Crippen molar-refractivity contribution in [3.8, 4) is 0 Å². The van der Waals surface area contributed by atoms with Crippen molar-refractivity contribution >= 4 is 29.9 Å². The van der Waals surface area contributed by atoms with Crippen LogP contribution in [-0.4, -0.2) is 44.6 Å². The van der Waals surface area contributed by atoms with E-state index in [2.05, 4.69) is 46.9 Å². The van der Waals surface area contributed by atoms with Crippen molar-refractivity contribution < 1.29 is 9.59 Å². The molecule has 0 aromatic carbocycles. The molecule has 0 bridgehead atoms. The molecular formula is C20H43IN2O. The minimum atomic E-state index is 0. The first kappa shape index (κ1) is 26.4. The Kier molecular flexibility index (Phi) is 15.8. The van der Waals surface area contributed by atoms with E-state index in [1.807, 2.05) is 0 Å². The van der Waals surface area contributed by atoms with Gasteiger partial charge in [-0.3, -0.25) is 0 Å². The largest absolute Gasteiger partial charge is 0.862 e. The summed E-state index contributed by atoms with van der Waals surface area (Å²) in [6, 6.07) is 0. The molecular weight excluding hydrogens is 411 g/mol. The molecule has 0 rings (SSSR count). The van der Waals surface area contributed by atoms with E-state index >= 15 is 0 Å². The summed E-state index contributed by atoms with van der Waals surface area (Å²) in [5.74, 6) is 0.0995. The van der Waals surface area contributed by atoms with Gasteiger partial charge in [0.25, 0.3) is 0 Å². The standard InChI is InChI=1S/C20H42N2O.HI/c1-7-8-9-10-11-12-13-14-15-16-19(23)21-17-20(2,3)18-22(4,5)6;/h7-18H2,1-6H3;1H. The van der Waals surface area contributed by atoms with Crippen molar-refractivity contribution in [3.05, 3.63) is 0 Å². The molecule has 0 heterocycles. The van der Waals surface area contributed by atoms with Gasteiger partial charge in [0.1, 0.15) is 0 Å². The van der Waals surface area contributed by atoms with E-state index < -0.39 is 0 Å². The van der Waals surface area contributed by atoms with Crippen LogP contribution in [0.2, 0.25) is 0 Å². The molecule has 0 aliphatic carbocycles. The van der Waals surface area contributed by atoms with Gasteiger partial charge >= 0.3 is 0 Å². The molecule has 24 heavy (non-hydrogen) atoms. The summed E-state index contributed by atoms with van der Waals surface area (Å²) in [5.41, 5.74) is 0.0897. The Morgan fingerprint density at radius 2 is 1.33 bits per heavy atom. The highest BCUT2D eigenvalue weighted by molar-refractivity contribution is 14.0. The summed E-state index contributed by atoms with van der Waals surface area (Å²) in [6.45, 7) is 8.34. The van der Waals surface area contributed by atoms with Crippen LogP contribution in [0.4, 0.5) is 0 Å². The summed E-state index contributed by atoms with van der Waals surface area (Å²) < 4.78 is 0.912. The summed E-state index contributed by atoms with van der Waals surface area (Å²) in [7, 11) is 6.56. The van der Waals surface area contributed by atoms with E-state index in [1.165, 1.54) is 51.4 Å². The molecule has 0 fully saturated rings. The molecule has 0 aromatic rings. The Hall–Kier alpha value is 0.160. The van der Waals surface area contributed by atoms with Crippen LogP contribution in [0.5, 0.6) is 0 Å². The lowest BCUT2D eigenvalue weighted by Crippen LogP contribution is -2.44. The van der Waals surface area contributed by atoms with Gasteiger partial charge in [-0.1, -0.05) is 72.1 Å². The molecule has 0 spiro atoms. The van der Waals surface area contributed by atoms with Gasteiger partial charge in [0.05, 0.1) is 27.7 Å². The lowest BCUT2D eigenvalue weighted by atomic mass is 9.92. The first-order chi connectivity index (χ1) is 10.7. The molecule has 0 aromatic heterocycles. The van der Waals surface area contributed by atoms with Gasteiger partial charge in [0, 0.05) is 12.0 Å². The first-order valence-electron chi connectivity index (χ1n) is 9.67. The Labute approximate surface area is 168 Å². The minimum Gasteiger partial charge on any atom is -0.862 e. The van der Waals surface area contributed by atoms with E-state index in [9.17, 15) is 5.11 Å². The predicted molar refractivity (Wildman–Crippen MR) is 116 cm³/mol. The van der Waals surface area contributed by atoms with Crippen LogP contribution in [0.25, 0.3) is 0 Å². The third-order valence-electron chi connectivity index (χ3n) is 4.08. The highest BCUT2D eigenvalue weighted by Crippen LogP contribution is 2.19. The number of hydrogen-bond acceptors (Lipinski definition) is 2. The fourth-order valence-corrected chi connectivity index (χ4v) is 3.30. The van der Waals surface area contributed by atoms with E-state index in [0.29, 0.717) is 13.0 Å². The first-order valence-corrected chi connectivity index (χ1v) is 9.67. The Morgan fingerprint density at radius 1 is 0.875 bits per heavy atom. The quantitative estimate of drug-likeness (QED) is 0.119. The van der Waals surface area contributed by atoms with Crippen molar-refractivity contribution in [2.45, 2.75) is 85.0 Å². The summed E-state index contributed by atoms with van der Waals surface area (Å²) in [4.78, 5) is 4.30. The number of quaternary nitrogens is 1. The second-order valence-electron chi connectivity index (χ2n) is 8.90. The van der Waals surface area contributed by atoms with Gasteiger partial charge < -0.3 is 14.6 Å². The third-order valence-corrected chi connectivity index (χ3v) is 4.08. The molecule has 4 heteroatoms. The van der Waals surface area contributed by atoms with E-state index in [-0.39, 0.29) is 35.3 Å². The van der Waals surface area contributed by atoms with Crippen LogP contribution in [0.3, 0.4) is 0 Å². The molecule has 0 aliphatic heterocycles. The van der Waals surface area contributed by atoms with Crippen LogP contribution < -0.4 is 5.11 Å². The number of rotatable bonds is 14. The molecule has 0 unspecified atom stereocenters. The highest BCUT2D eigenvalue weighted by Gasteiger charge is 2.25. The van der Waals surface area contributed by atoms with E-state index in [4.69, 9.17) is 0 Å². The smallest absolute Gasteiger partial charge is 0.0850 e. The van der Waals surface area contributed by atoms with Gasteiger partial charge in [-0.05, 0) is 18.7 Å². The minimum absolute atomic E-state index is 0. The molecule has 0 amide bonds. The molecule has 3 nitrogen and oxygen atoms in total. The van der Waals surface area contributed by atoms with Crippen LogP contribution in [0.1, 0.15) is 85.0 Å². The molecule has 0 atom stereocenters. The lowest BCUT2D eigenvalue weighted by Gasteiger charge is -2.33. The average molecular weight is 454 g/mol. The van der Waals surface area contributed by atoms with Crippen LogP contribution in [0, 0.1) is 5.41 Å². The van der Waals surface area contributed by atoms with Gasteiger partial charge in [0.15, 0.2) is 0 Å². The normalized spacial score (nSPS) is 13.0. The van der Waals surface area contributed by atoms with Gasteiger partial charge in [0.2, 0.25) is 0 Å². The summed E-state index contributed by atoms with van der Waals surface area (Å²) >= 11 is 0. The fourth-order valence-electron chi connectivity index (χ4n) is 3.30. The van der Waals surface area contributed by atoms with Crippen molar-refractivity contribution in [1.82, 2.24) is 0 Å². The van der Waals surface area contributed by atoms with Crippen molar-refractivity contribution in [2.75, 3.05) is 34.2 Å². The van der Waals surface area contributed by atoms with Crippen LogP contribution >= 0.6 is 24.0 Å². The fraction of sp³-hybridized carbons (Fsp3) is 0.950. The van der Waals surface area contributed by atoms with Crippen molar-refractivity contribution in [1.29, 1.82) is 0 Å². The SMILES string of the molecule is CCCCCCCCCCCC([O-])=NCC(C)(C)C[N+](C)(C)C.I. The van der Waals surface area contributed by atoms with Crippen LogP contribution in [0.15, 0.2) is 4.99 Å². The maximum Gasteiger partial charge on any atom is 0.0850 e. The second kappa shape index (κ2) is 14.3. The molecule has 0 N–H and O–H groups in total. The number of nitrogens with zero attached hydrogens (tertiary/aromatic N) is 2. The monoisotopic (exact) mass is 454 g/mol. The third kappa shape index (κ3) is 18.5. The molecule has 0 saturated heterocycles. The maximum atomic E-state index is 11.9. The Morgan fingerprint density at radius 3 is 1.79 bits per heavy atom. The van der Waals surface area contributed by atoms with Gasteiger partial charge in [-0.15, -0.1) is 24.0 Å². The van der Waals surface area contributed by atoms with Crippen molar-refractivity contribution in [2.24, 2.45) is 10.4 Å². The topological polar surface area (TPSA) is 35.4 Å². The zero-order chi connectivity index (χ0) is 17.8. The van der Waals surface area contributed by atoms with Gasteiger partial charge in [-0.2, -0.15) is 0 Å². The molecule has 0 saturated carbocycles. The van der Waals surface area contributed by atoms with E-state index in [0.717, 1.165) is 17.4 Å². The van der Waals surface area contributed by atoms with Gasteiger partial charge in [-0.25, -0.2) is 0 Å². The van der Waals surface area contributed by atoms with Crippen molar-refractivity contribution in [3.63, 3.8) is 0 Å². The number of unbranched alkanes of at least 4 members (excludes halogenated alkanes) is 8. The predicted octanol–water partition coefficient (Wildman–Crippen LogP) is 5.02. The number of halogens is 1. The zero-order valence-corrected chi connectivity index (χ0v) is 19.5. The molecule has 146 valence electrons. The average Bonchev–Trinajstić information content (AvgIpc) is 2.41. The Bertz CT molecular complexity index is 322. The second-order valence-corrected chi connectivity index (χ2v) is 8.90. The number of hydrogen-bond donors (Lipinski definition) is 0. The maximum absolute atomic E-state index is 11.9. The molecule has 0 radical (unpaired) electrons. The Balaban J connectivity index is 0. The van der Waals surface area contributed by atoms with Crippen LogP contribution in [-0.2, 0) is 0 Å². The lowest BCUT2D eigenvalue weighted by molar-refractivity contribution is -0.876.